The van der Waals surface area contributed by atoms with Crippen molar-refractivity contribution in [3.05, 3.63) is 45.9 Å². The van der Waals surface area contributed by atoms with Crippen molar-refractivity contribution in [3.8, 4) is 5.75 Å². The van der Waals surface area contributed by atoms with Crippen molar-refractivity contribution in [1.29, 1.82) is 0 Å². The Labute approximate surface area is 172 Å². The number of benzene rings is 1. The molecule has 2 atom stereocenters. The highest BCUT2D eigenvalue weighted by Gasteiger charge is 2.36. The largest absolute Gasteiger partial charge is 0.491 e. The molecule has 160 valence electrons. The molecule has 1 aromatic heterocycles. The first-order valence-corrected chi connectivity index (χ1v) is 10.3. The lowest BCUT2D eigenvalue weighted by Gasteiger charge is -2.34. The van der Waals surface area contributed by atoms with Crippen LogP contribution in [0.25, 0.3) is 0 Å². The molecule has 1 aromatic carbocycles. The molecule has 5 nitrogen and oxygen atoms in total. The summed E-state index contributed by atoms with van der Waals surface area (Å²) in [5.74, 6) is 1.07. The van der Waals surface area contributed by atoms with Crippen LogP contribution >= 0.6 is 11.3 Å². The van der Waals surface area contributed by atoms with Crippen LogP contribution in [0.4, 0.5) is 13.2 Å². The van der Waals surface area contributed by atoms with Gasteiger partial charge in [0.2, 0.25) is 0 Å². The summed E-state index contributed by atoms with van der Waals surface area (Å²) in [6, 6.07) is 7.97. The van der Waals surface area contributed by atoms with Crippen LogP contribution in [0.5, 0.6) is 5.75 Å². The molecule has 1 saturated heterocycles. The van der Waals surface area contributed by atoms with Gasteiger partial charge in [0.05, 0.1) is 18.9 Å². The summed E-state index contributed by atoms with van der Waals surface area (Å²) in [6.45, 7) is 5.73. The number of rotatable bonds is 8. The lowest BCUT2D eigenvalue weighted by atomic mass is 10.00. The van der Waals surface area contributed by atoms with Crippen molar-refractivity contribution in [2.75, 3.05) is 46.6 Å². The molecule has 1 aliphatic heterocycles. The Hall–Kier alpha value is -1.68. The second-order valence-electron chi connectivity index (χ2n) is 7.01. The fraction of sp³-hybridized carbons (Fsp3) is 0.550. The average Bonchev–Trinajstić information content (AvgIpc) is 3.20. The van der Waals surface area contributed by atoms with E-state index in [1.54, 1.807) is 7.11 Å². The summed E-state index contributed by atoms with van der Waals surface area (Å²) in [7, 11) is 1.63. The molecule has 0 aliphatic carbocycles. The first-order valence-electron chi connectivity index (χ1n) is 9.45. The molecule has 0 spiro atoms. The van der Waals surface area contributed by atoms with E-state index in [1.165, 1.54) is 10.9 Å². The SMILES string of the molecule is COCCOc1ccc(C(C)CN2CCOC(c3csc(C(F)(F)F)n3)C2)cc1. The van der Waals surface area contributed by atoms with Crippen molar-refractivity contribution < 1.29 is 27.4 Å². The zero-order valence-corrected chi connectivity index (χ0v) is 17.3. The lowest BCUT2D eigenvalue weighted by Crippen LogP contribution is -2.40. The fourth-order valence-electron chi connectivity index (χ4n) is 3.24. The first kappa shape index (κ1) is 22.0. The summed E-state index contributed by atoms with van der Waals surface area (Å²) in [6.07, 6.45) is -4.84. The Balaban J connectivity index is 1.55. The van der Waals surface area contributed by atoms with Gasteiger partial charge in [-0.3, -0.25) is 4.90 Å². The van der Waals surface area contributed by atoms with Gasteiger partial charge in [0, 0.05) is 32.1 Å². The maximum Gasteiger partial charge on any atom is 0.443 e. The van der Waals surface area contributed by atoms with Gasteiger partial charge < -0.3 is 14.2 Å². The standard InChI is InChI=1S/C20H25F3N2O3S/c1-14(15-3-5-16(6-4-15)27-10-9-26-2)11-25-7-8-28-18(12-25)17-13-29-19(24-17)20(21,22)23/h3-6,13-14,18H,7-12H2,1-2H3. The van der Waals surface area contributed by atoms with E-state index < -0.39 is 17.3 Å². The molecule has 2 aromatic rings. The molecule has 9 heteroatoms. The number of ether oxygens (including phenoxy) is 3. The van der Waals surface area contributed by atoms with Crippen molar-refractivity contribution in [2.45, 2.75) is 25.1 Å². The summed E-state index contributed by atoms with van der Waals surface area (Å²) in [5, 5.41) is 0.623. The molecule has 3 rings (SSSR count). The predicted octanol–water partition coefficient (Wildman–Crippen LogP) is 4.36. The first-order chi connectivity index (χ1) is 13.9. The van der Waals surface area contributed by atoms with Crippen LogP contribution in [0.1, 0.15) is 35.2 Å². The van der Waals surface area contributed by atoms with Gasteiger partial charge in [-0.25, -0.2) is 4.98 Å². The Kier molecular flexibility index (Phi) is 7.50. The van der Waals surface area contributed by atoms with E-state index in [0.717, 1.165) is 18.8 Å². The number of thiazole rings is 1. The fourth-order valence-corrected chi connectivity index (χ4v) is 3.97. The van der Waals surface area contributed by atoms with Crippen LogP contribution in [0.3, 0.4) is 0 Å². The number of nitrogens with zero attached hydrogens (tertiary/aromatic N) is 2. The number of methoxy groups -OCH3 is 1. The molecule has 0 saturated carbocycles. The highest BCUT2D eigenvalue weighted by molar-refractivity contribution is 7.09. The minimum Gasteiger partial charge on any atom is -0.491 e. The van der Waals surface area contributed by atoms with Gasteiger partial charge in [-0.1, -0.05) is 19.1 Å². The monoisotopic (exact) mass is 430 g/mol. The minimum atomic E-state index is -4.41. The molecule has 0 N–H and O–H groups in total. The van der Waals surface area contributed by atoms with Crippen LogP contribution in [0.15, 0.2) is 29.6 Å². The van der Waals surface area contributed by atoms with Crippen LogP contribution in [0, 0.1) is 0 Å². The van der Waals surface area contributed by atoms with E-state index in [4.69, 9.17) is 14.2 Å². The van der Waals surface area contributed by atoms with E-state index in [2.05, 4.69) is 16.8 Å². The third kappa shape index (κ3) is 6.15. The third-order valence-corrected chi connectivity index (χ3v) is 5.69. The van der Waals surface area contributed by atoms with E-state index in [9.17, 15) is 13.2 Å². The van der Waals surface area contributed by atoms with Crippen molar-refractivity contribution in [3.63, 3.8) is 0 Å². The van der Waals surface area contributed by atoms with E-state index in [0.29, 0.717) is 43.4 Å². The Morgan fingerprint density at radius 1 is 1.28 bits per heavy atom. The van der Waals surface area contributed by atoms with Crippen molar-refractivity contribution in [2.24, 2.45) is 0 Å². The van der Waals surface area contributed by atoms with Crippen LogP contribution < -0.4 is 4.74 Å². The third-order valence-electron chi connectivity index (χ3n) is 4.78. The summed E-state index contributed by atoms with van der Waals surface area (Å²) in [5.41, 5.74) is 1.54. The Morgan fingerprint density at radius 2 is 2.03 bits per heavy atom. The summed E-state index contributed by atoms with van der Waals surface area (Å²) < 4.78 is 54.6. The molecular weight excluding hydrogens is 405 g/mol. The van der Waals surface area contributed by atoms with Crippen molar-refractivity contribution >= 4 is 11.3 Å². The second kappa shape index (κ2) is 9.88. The molecule has 29 heavy (non-hydrogen) atoms. The van der Waals surface area contributed by atoms with Crippen LogP contribution in [-0.2, 0) is 15.7 Å². The normalized spacial score (nSPS) is 19.3. The minimum absolute atomic E-state index is 0.267. The smallest absolute Gasteiger partial charge is 0.443 e. The van der Waals surface area contributed by atoms with Crippen LogP contribution in [0.2, 0.25) is 0 Å². The molecule has 0 bridgehead atoms. The predicted molar refractivity (Wildman–Crippen MR) is 104 cm³/mol. The quantitative estimate of drug-likeness (QED) is 0.582. The molecule has 1 aliphatic rings. The van der Waals surface area contributed by atoms with Gasteiger partial charge in [-0.15, -0.1) is 11.3 Å². The maximum absolute atomic E-state index is 12.8. The number of halogens is 3. The molecule has 0 amide bonds. The second-order valence-corrected chi connectivity index (χ2v) is 7.86. The topological polar surface area (TPSA) is 43.8 Å². The van der Waals surface area contributed by atoms with Gasteiger partial charge in [0.25, 0.3) is 0 Å². The van der Waals surface area contributed by atoms with Crippen LogP contribution in [-0.4, -0.2) is 56.4 Å². The lowest BCUT2D eigenvalue weighted by molar-refractivity contribution is -0.138. The zero-order valence-electron chi connectivity index (χ0n) is 16.4. The summed E-state index contributed by atoms with van der Waals surface area (Å²) in [4.78, 5) is 5.95. The van der Waals surface area contributed by atoms with Crippen molar-refractivity contribution in [1.82, 2.24) is 9.88 Å². The molecule has 2 unspecified atom stereocenters. The van der Waals surface area contributed by atoms with E-state index >= 15 is 0 Å². The molecule has 2 heterocycles. The molecule has 0 radical (unpaired) electrons. The van der Waals surface area contributed by atoms with Gasteiger partial charge in [0.15, 0.2) is 5.01 Å². The number of hydrogen-bond donors (Lipinski definition) is 0. The zero-order chi connectivity index (χ0) is 20.9. The molecule has 1 fully saturated rings. The number of alkyl halides is 3. The van der Waals surface area contributed by atoms with E-state index in [1.807, 2.05) is 24.3 Å². The van der Waals surface area contributed by atoms with E-state index in [-0.39, 0.29) is 5.92 Å². The Morgan fingerprint density at radius 3 is 2.69 bits per heavy atom. The highest BCUT2D eigenvalue weighted by Crippen LogP contribution is 2.34. The number of aromatic nitrogens is 1. The number of hydrogen-bond acceptors (Lipinski definition) is 6. The van der Waals surface area contributed by atoms with Gasteiger partial charge in [-0.05, 0) is 23.6 Å². The van der Waals surface area contributed by atoms with Gasteiger partial charge in [0.1, 0.15) is 18.5 Å². The number of morpholine rings is 1. The van der Waals surface area contributed by atoms with Gasteiger partial charge >= 0.3 is 6.18 Å². The average molecular weight is 430 g/mol. The summed E-state index contributed by atoms with van der Waals surface area (Å²) >= 11 is 0.616. The highest BCUT2D eigenvalue weighted by atomic mass is 32.1. The Bertz CT molecular complexity index is 767. The maximum atomic E-state index is 12.8. The van der Waals surface area contributed by atoms with Gasteiger partial charge in [-0.2, -0.15) is 13.2 Å². The molecular formula is C20H25F3N2O3S.